The number of nitrogens with zero attached hydrogens (tertiary/aromatic N) is 1. The van der Waals surface area contributed by atoms with Gasteiger partial charge in [0.2, 0.25) is 0 Å². The van der Waals surface area contributed by atoms with Crippen molar-refractivity contribution in [2.45, 2.75) is 31.1 Å². The standard InChI is InChI=1S/C25H22N2O5S/c1-15-12-20-22(30-15)13-17(25(28)27-24-11-6-16-4-3-5-21(16)26-24)14-23(20)31-18-7-9-19(10-8-18)33-32-29-2/h6-14H,3-5H2,1-2H3,(H,26,27,28). The monoisotopic (exact) mass is 462 g/mol. The minimum Gasteiger partial charge on any atom is -0.461 e. The van der Waals surface area contributed by atoms with E-state index in [1.165, 1.54) is 12.7 Å². The zero-order chi connectivity index (χ0) is 22.8. The van der Waals surface area contributed by atoms with Gasteiger partial charge in [0.25, 0.3) is 5.91 Å². The van der Waals surface area contributed by atoms with Gasteiger partial charge in [0.15, 0.2) is 0 Å². The lowest BCUT2D eigenvalue weighted by atomic mass is 10.1. The van der Waals surface area contributed by atoms with Crippen molar-refractivity contribution in [1.29, 1.82) is 0 Å². The number of carbonyl (C=O) groups is 1. The Morgan fingerprint density at radius 3 is 2.76 bits per heavy atom. The Balaban J connectivity index is 1.41. The van der Waals surface area contributed by atoms with E-state index in [-0.39, 0.29) is 5.91 Å². The smallest absolute Gasteiger partial charge is 0.257 e. The van der Waals surface area contributed by atoms with E-state index >= 15 is 0 Å². The summed E-state index contributed by atoms with van der Waals surface area (Å²) in [6.07, 6.45) is 3.10. The number of aryl methyl sites for hydroxylation is 3. The number of fused-ring (bicyclic) bond motifs is 2. The normalized spacial score (nSPS) is 12.7. The molecule has 1 aliphatic rings. The summed E-state index contributed by atoms with van der Waals surface area (Å²) in [5.41, 5.74) is 3.33. The van der Waals surface area contributed by atoms with Gasteiger partial charge < -0.3 is 14.5 Å². The maximum absolute atomic E-state index is 13.0. The van der Waals surface area contributed by atoms with Gasteiger partial charge >= 0.3 is 0 Å². The van der Waals surface area contributed by atoms with Gasteiger partial charge in [0, 0.05) is 16.2 Å². The second-order valence-corrected chi connectivity index (χ2v) is 8.52. The van der Waals surface area contributed by atoms with Crippen molar-refractivity contribution in [3.8, 4) is 11.5 Å². The first-order chi connectivity index (χ1) is 16.1. The fourth-order valence-electron chi connectivity index (χ4n) is 3.89. The highest BCUT2D eigenvalue weighted by molar-refractivity contribution is 7.94. The minimum atomic E-state index is -0.273. The molecule has 168 valence electrons. The summed E-state index contributed by atoms with van der Waals surface area (Å²) in [4.78, 5) is 23.1. The largest absolute Gasteiger partial charge is 0.461 e. The van der Waals surface area contributed by atoms with E-state index in [9.17, 15) is 4.79 Å². The van der Waals surface area contributed by atoms with Crippen molar-refractivity contribution >= 4 is 34.7 Å². The molecular formula is C25H22N2O5S. The van der Waals surface area contributed by atoms with Crippen molar-refractivity contribution in [1.82, 2.24) is 4.98 Å². The van der Waals surface area contributed by atoms with Crippen LogP contribution in [-0.2, 0) is 22.1 Å². The number of hydrogen-bond acceptors (Lipinski definition) is 7. The molecule has 2 aromatic carbocycles. The second-order valence-electron chi connectivity index (χ2n) is 7.74. The summed E-state index contributed by atoms with van der Waals surface area (Å²) in [6, 6.07) is 16.6. The number of pyridine rings is 1. The van der Waals surface area contributed by atoms with Gasteiger partial charge in [0.1, 0.15) is 28.7 Å². The summed E-state index contributed by atoms with van der Waals surface area (Å²) in [5.74, 6) is 2.16. The number of hydrogen-bond donors (Lipinski definition) is 1. The molecule has 0 radical (unpaired) electrons. The molecule has 0 atom stereocenters. The van der Waals surface area contributed by atoms with Crippen LogP contribution in [0.1, 0.15) is 33.8 Å². The summed E-state index contributed by atoms with van der Waals surface area (Å²) >= 11 is 1.10. The molecule has 1 N–H and O–H groups in total. The van der Waals surface area contributed by atoms with Crippen LogP contribution in [0.25, 0.3) is 11.0 Å². The summed E-state index contributed by atoms with van der Waals surface area (Å²) < 4.78 is 16.8. The van der Waals surface area contributed by atoms with Crippen LogP contribution in [0.3, 0.4) is 0 Å². The molecule has 8 heteroatoms. The molecule has 1 aliphatic carbocycles. The molecule has 4 aromatic rings. The third-order valence-electron chi connectivity index (χ3n) is 5.40. The van der Waals surface area contributed by atoms with Crippen molar-refractivity contribution in [3.05, 3.63) is 77.2 Å². The topological polar surface area (TPSA) is 82.8 Å². The quantitative estimate of drug-likeness (QED) is 0.197. The van der Waals surface area contributed by atoms with Gasteiger partial charge in [-0.1, -0.05) is 6.07 Å². The highest BCUT2D eigenvalue weighted by Gasteiger charge is 2.17. The maximum Gasteiger partial charge on any atom is 0.257 e. The lowest BCUT2D eigenvalue weighted by Crippen LogP contribution is -2.13. The third-order valence-corrected chi connectivity index (χ3v) is 6.07. The fraction of sp³-hybridized carbons (Fsp3) is 0.200. The first-order valence-electron chi connectivity index (χ1n) is 10.6. The van der Waals surface area contributed by atoms with E-state index in [0.717, 1.165) is 53.0 Å². The van der Waals surface area contributed by atoms with Gasteiger partial charge in [-0.3, -0.25) is 4.79 Å². The lowest BCUT2D eigenvalue weighted by molar-refractivity contribution is -0.160. The summed E-state index contributed by atoms with van der Waals surface area (Å²) in [6.45, 7) is 1.86. The van der Waals surface area contributed by atoms with E-state index in [1.807, 2.05) is 49.4 Å². The molecule has 7 nitrogen and oxygen atoms in total. The zero-order valence-electron chi connectivity index (χ0n) is 18.2. The molecule has 1 amide bonds. The van der Waals surface area contributed by atoms with E-state index in [4.69, 9.17) is 13.5 Å². The number of carbonyl (C=O) groups excluding carboxylic acids is 1. The van der Waals surface area contributed by atoms with Crippen molar-refractivity contribution in [2.75, 3.05) is 12.4 Å². The molecule has 5 rings (SSSR count). The van der Waals surface area contributed by atoms with Gasteiger partial charge in [-0.05, 0) is 80.3 Å². The molecule has 0 saturated heterocycles. The van der Waals surface area contributed by atoms with Crippen LogP contribution in [0.15, 0.2) is 63.9 Å². The van der Waals surface area contributed by atoms with Gasteiger partial charge in [-0.25, -0.2) is 9.87 Å². The molecule has 0 saturated carbocycles. The molecular weight excluding hydrogens is 440 g/mol. The predicted octanol–water partition coefficient (Wildman–Crippen LogP) is 6.25. The van der Waals surface area contributed by atoms with Gasteiger partial charge in [-0.2, -0.15) is 4.33 Å². The Hall–Kier alpha value is -3.33. The average molecular weight is 463 g/mol. The summed E-state index contributed by atoms with van der Waals surface area (Å²) in [5, 5.41) is 3.69. The van der Waals surface area contributed by atoms with Crippen LogP contribution in [-0.4, -0.2) is 18.0 Å². The zero-order valence-corrected chi connectivity index (χ0v) is 19.0. The number of amides is 1. The van der Waals surface area contributed by atoms with E-state index in [0.29, 0.717) is 28.5 Å². The average Bonchev–Trinajstić information content (AvgIpc) is 3.44. The van der Waals surface area contributed by atoms with Crippen molar-refractivity contribution in [2.24, 2.45) is 0 Å². The van der Waals surface area contributed by atoms with Crippen molar-refractivity contribution in [3.63, 3.8) is 0 Å². The third kappa shape index (κ3) is 4.73. The van der Waals surface area contributed by atoms with E-state index < -0.39 is 0 Å². The molecule has 0 fully saturated rings. The number of anilines is 1. The Kier molecular flexibility index (Phi) is 6.04. The highest BCUT2D eigenvalue weighted by Crippen LogP contribution is 2.35. The second kappa shape index (κ2) is 9.27. The summed E-state index contributed by atoms with van der Waals surface area (Å²) in [7, 11) is 1.45. The fourth-order valence-corrected chi connectivity index (χ4v) is 4.29. The molecule has 2 aromatic heterocycles. The highest BCUT2D eigenvalue weighted by atomic mass is 32.2. The number of benzene rings is 2. The Morgan fingerprint density at radius 2 is 1.94 bits per heavy atom. The van der Waals surface area contributed by atoms with Crippen molar-refractivity contribution < 1.29 is 23.2 Å². The number of ether oxygens (including phenoxy) is 1. The van der Waals surface area contributed by atoms with E-state index in [1.54, 1.807) is 12.1 Å². The number of rotatable bonds is 7. The van der Waals surface area contributed by atoms with E-state index in [2.05, 4.69) is 15.2 Å². The molecule has 0 aliphatic heterocycles. The number of aromatic nitrogens is 1. The van der Waals surface area contributed by atoms with Crippen LogP contribution in [0.4, 0.5) is 5.82 Å². The van der Waals surface area contributed by atoms with Crippen LogP contribution in [0.2, 0.25) is 0 Å². The van der Waals surface area contributed by atoms with Gasteiger partial charge in [0.05, 0.1) is 24.5 Å². The Labute approximate surface area is 195 Å². The first-order valence-corrected chi connectivity index (χ1v) is 11.3. The van der Waals surface area contributed by atoms with Crippen LogP contribution in [0, 0.1) is 6.92 Å². The maximum atomic E-state index is 13.0. The SMILES string of the molecule is COOSc1ccc(Oc2cc(C(=O)Nc3ccc4c(n3)CCC4)cc3oc(C)cc23)cc1. The van der Waals surface area contributed by atoms with Crippen LogP contribution in [0.5, 0.6) is 11.5 Å². The Bertz CT molecular complexity index is 1320. The molecule has 33 heavy (non-hydrogen) atoms. The minimum absolute atomic E-state index is 0.273. The number of furan rings is 1. The molecule has 0 spiro atoms. The molecule has 2 heterocycles. The first kappa shape index (κ1) is 21.5. The molecule has 0 bridgehead atoms. The van der Waals surface area contributed by atoms with Gasteiger partial charge in [-0.15, -0.1) is 0 Å². The molecule has 0 unspecified atom stereocenters. The van der Waals surface area contributed by atoms with Crippen LogP contribution >= 0.6 is 12.0 Å². The Morgan fingerprint density at radius 1 is 1.09 bits per heavy atom. The lowest BCUT2D eigenvalue weighted by Gasteiger charge is -2.11. The van der Waals surface area contributed by atoms with Crippen LogP contribution < -0.4 is 10.1 Å². The predicted molar refractivity (Wildman–Crippen MR) is 126 cm³/mol. The number of nitrogens with one attached hydrogen (secondary N) is 1.